The summed E-state index contributed by atoms with van der Waals surface area (Å²) in [4.78, 5) is 73.0. The first-order chi connectivity index (χ1) is 48.9. The fourth-order valence-corrected chi connectivity index (χ4v) is 14.3. The van der Waals surface area contributed by atoms with Crippen molar-refractivity contribution < 1.29 is 80.2 Å². The molecule has 0 aliphatic heterocycles. The van der Waals surface area contributed by atoms with Gasteiger partial charge in [-0.1, -0.05) is 382 Å². The highest BCUT2D eigenvalue weighted by atomic mass is 31.2. The van der Waals surface area contributed by atoms with Crippen LogP contribution in [0.25, 0.3) is 0 Å². The van der Waals surface area contributed by atoms with Crippen molar-refractivity contribution in [3.63, 3.8) is 0 Å². The molecule has 0 heterocycles. The highest BCUT2D eigenvalue weighted by Gasteiger charge is 2.30. The Balaban J connectivity index is 5.21. The minimum atomic E-state index is -4.96. The van der Waals surface area contributed by atoms with Gasteiger partial charge in [0.1, 0.15) is 19.3 Å². The Kier molecular flexibility index (Phi) is 72.2. The molecule has 0 aliphatic carbocycles. The molecule has 0 aromatic heterocycles. The van der Waals surface area contributed by atoms with Gasteiger partial charge in [0.15, 0.2) is 12.2 Å². The summed E-state index contributed by atoms with van der Waals surface area (Å²) >= 11 is 0. The summed E-state index contributed by atoms with van der Waals surface area (Å²) in [5.41, 5.74) is 0. The molecule has 0 radical (unpaired) electrons. The van der Waals surface area contributed by atoms with Crippen LogP contribution in [0.15, 0.2) is 0 Å². The van der Waals surface area contributed by atoms with Gasteiger partial charge in [-0.05, 0) is 37.5 Å². The molecule has 3 unspecified atom stereocenters. The summed E-state index contributed by atoms with van der Waals surface area (Å²) in [6, 6.07) is 0. The molecule has 0 aromatic rings. The van der Waals surface area contributed by atoms with E-state index in [2.05, 4.69) is 41.5 Å². The van der Waals surface area contributed by atoms with Crippen LogP contribution in [0.3, 0.4) is 0 Å². The van der Waals surface area contributed by atoms with Crippen LogP contribution in [0.1, 0.15) is 433 Å². The van der Waals surface area contributed by atoms with E-state index < -0.39 is 97.5 Å². The lowest BCUT2D eigenvalue weighted by molar-refractivity contribution is -0.161. The van der Waals surface area contributed by atoms with Crippen LogP contribution < -0.4 is 0 Å². The summed E-state index contributed by atoms with van der Waals surface area (Å²) < 4.78 is 68.7. The summed E-state index contributed by atoms with van der Waals surface area (Å²) in [6.45, 7) is 9.67. The molecule has 19 heteroatoms. The second-order valence-corrected chi connectivity index (χ2v) is 33.1. The first-order valence-electron chi connectivity index (χ1n) is 42.5. The molecule has 0 aliphatic rings. The van der Waals surface area contributed by atoms with Crippen LogP contribution in [0.2, 0.25) is 0 Å². The third-order valence-corrected chi connectivity index (χ3v) is 21.5. The number of phosphoric ester groups is 2. The molecule has 3 N–H and O–H groups in total. The molecule has 0 rings (SSSR count). The van der Waals surface area contributed by atoms with Crippen molar-refractivity contribution in [1.29, 1.82) is 0 Å². The van der Waals surface area contributed by atoms with E-state index in [1.54, 1.807) is 0 Å². The van der Waals surface area contributed by atoms with Crippen LogP contribution >= 0.6 is 15.6 Å². The largest absolute Gasteiger partial charge is 0.472 e. The highest BCUT2D eigenvalue weighted by Crippen LogP contribution is 2.45. The van der Waals surface area contributed by atoms with Crippen molar-refractivity contribution >= 4 is 39.5 Å². The van der Waals surface area contributed by atoms with Crippen molar-refractivity contribution in [1.82, 2.24) is 0 Å². The maximum atomic E-state index is 13.1. The minimum absolute atomic E-state index is 0.107. The van der Waals surface area contributed by atoms with Gasteiger partial charge in [0, 0.05) is 25.7 Å². The highest BCUT2D eigenvalue weighted by molar-refractivity contribution is 7.47. The van der Waals surface area contributed by atoms with E-state index in [4.69, 9.17) is 37.0 Å². The number of hydrogen-bond donors (Lipinski definition) is 3. The second kappa shape index (κ2) is 73.6. The fraction of sp³-hybridized carbons (Fsp3) is 0.951. The van der Waals surface area contributed by atoms with Gasteiger partial charge >= 0.3 is 39.5 Å². The van der Waals surface area contributed by atoms with E-state index >= 15 is 0 Å². The monoisotopic (exact) mass is 1480 g/mol. The third kappa shape index (κ3) is 74.7. The number of esters is 4. The number of carbonyl (C=O) groups is 4. The van der Waals surface area contributed by atoms with Gasteiger partial charge in [-0.3, -0.25) is 37.3 Å². The smallest absolute Gasteiger partial charge is 0.462 e. The van der Waals surface area contributed by atoms with Crippen LogP contribution in [0.4, 0.5) is 0 Å². The van der Waals surface area contributed by atoms with Crippen molar-refractivity contribution in [2.45, 2.75) is 452 Å². The predicted molar refractivity (Wildman–Crippen MR) is 414 cm³/mol. The molecule has 600 valence electrons. The molecule has 0 spiro atoms. The van der Waals surface area contributed by atoms with Gasteiger partial charge in [0.2, 0.25) is 0 Å². The average Bonchev–Trinajstić information content (AvgIpc) is 0.960. The fourth-order valence-electron chi connectivity index (χ4n) is 12.7. The SMILES string of the molecule is CCCCCCCCCCCCCCCCCCC(=O)OC[C@H](COP(=O)(O)OC[C@@H](O)COP(=O)(O)OC[C@@H](COC(=O)CCCCCCCCCCC(C)C)OC(=O)CCCCCCCCCCCCCC)OC(=O)CCCCCCCCCCCCCCCCCCCCC(C)CC. The van der Waals surface area contributed by atoms with E-state index in [1.807, 2.05) is 0 Å². The Morgan fingerprint density at radius 2 is 0.505 bits per heavy atom. The first-order valence-corrected chi connectivity index (χ1v) is 45.5. The summed E-state index contributed by atoms with van der Waals surface area (Å²) in [5, 5.41) is 10.6. The number of rotatable bonds is 81. The van der Waals surface area contributed by atoms with E-state index in [0.29, 0.717) is 25.7 Å². The van der Waals surface area contributed by atoms with Crippen LogP contribution in [0.5, 0.6) is 0 Å². The Morgan fingerprint density at radius 3 is 0.752 bits per heavy atom. The summed E-state index contributed by atoms with van der Waals surface area (Å²) in [6.07, 6.45) is 63.8. The molecule has 0 amide bonds. The number of aliphatic hydroxyl groups excluding tert-OH is 1. The van der Waals surface area contributed by atoms with Gasteiger partial charge in [-0.25, -0.2) is 9.13 Å². The molecule has 0 fully saturated rings. The number of unbranched alkanes of at least 4 members (excludes halogenated alkanes) is 50. The normalized spacial score (nSPS) is 14.2. The number of hydrogen-bond acceptors (Lipinski definition) is 15. The Morgan fingerprint density at radius 1 is 0.287 bits per heavy atom. The summed E-state index contributed by atoms with van der Waals surface area (Å²) in [5.74, 6) is -0.509. The standard InChI is InChI=1S/C82H160O17P2/c1-7-10-12-14-16-18-20-22-23-29-32-36-39-46-52-58-64-79(84)92-70-77(98-82(87)67-61-55-49-41-37-33-30-27-25-24-26-28-31-34-38-45-51-57-63-75(6)9-3)72-96-100(88,89)94-68-76(83)69-95-101(90,91)97-73-78(71-93-80(85)65-59-53-47-43-42-44-50-56-62-74(4)5)99-81(86)66-60-54-48-40-35-21-19-17-15-13-11-8-2/h74-78,83H,7-73H2,1-6H3,(H,88,89)(H,90,91)/t75?,76-,77-,78-/m1/s1. The molecule has 0 aromatic carbocycles. The Bertz CT molecular complexity index is 1940. The molecule has 17 nitrogen and oxygen atoms in total. The zero-order chi connectivity index (χ0) is 74.2. The second-order valence-electron chi connectivity index (χ2n) is 30.2. The van der Waals surface area contributed by atoms with Crippen LogP contribution in [-0.4, -0.2) is 96.7 Å². The molecule has 0 saturated carbocycles. The van der Waals surface area contributed by atoms with E-state index in [1.165, 1.54) is 250 Å². The molecular weight excluding hydrogens is 1320 g/mol. The lowest BCUT2D eigenvalue weighted by Crippen LogP contribution is -2.30. The third-order valence-electron chi connectivity index (χ3n) is 19.6. The number of ether oxygens (including phenoxy) is 4. The molecule has 0 saturated heterocycles. The quantitative estimate of drug-likeness (QED) is 0.0222. The number of carbonyl (C=O) groups excluding carboxylic acids is 4. The first kappa shape index (κ1) is 99.1. The molecular formula is C82H160O17P2. The van der Waals surface area contributed by atoms with Crippen LogP contribution in [-0.2, 0) is 65.4 Å². The van der Waals surface area contributed by atoms with Gasteiger partial charge in [-0.2, -0.15) is 0 Å². The van der Waals surface area contributed by atoms with E-state index in [0.717, 1.165) is 102 Å². The van der Waals surface area contributed by atoms with Gasteiger partial charge < -0.3 is 33.8 Å². The van der Waals surface area contributed by atoms with Crippen molar-refractivity contribution in [3.05, 3.63) is 0 Å². The zero-order valence-corrected chi connectivity index (χ0v) is 68.0. The Labute approximate surface area is 619 Å². The van der Waals surface area contributed by atoms with Gasteiger partial charge in [0.05, 0.1) is 26.4 Å². The number of phosphoric acid groups is 2. The molecule has 101 heavy (non-hydrogen) atoms. The average molecular weight is 1480 g/mol. The predicted octanol–water partition coefficient (Wildman–Crippen LogP) is 24.7. The zero-order valence-electron chi connectivity index (χ0n) is 66.2. The maximum absolute atomic E-state index is 13.1. The lowest BCUT2D eigenvalue weighted by atomic mass is 9.99. The van der Waals surface area contributed by atoms with Gasteiger partial charge in [0.25, 0.3) is 0 Å². The van der Waals surface area contributed by atoms with Crippen molar-refractivity contribution in [3.8, 4) is 0 Å². The lowest BCUT2D eigenvalue weighted by Gasteiger charge is -2.21. The maximum Gasteiger partial charge on any atom is 0.472 e. The van der Waals surface area contributed by atoms with Crippen molar-refractivity contribution in [2.75, 3.05) is 39.6 Å². The molecule has 6 atom stereocenters. The van der Waals surface area contributed by atoms with Crippen LogP contribution in [0, 0.1) is 11.8 Å². The minimum Gasteiger partial charge on any atom is -0.462 e. The van der Waals surface area contributed by atoms with Crippen molar-refractivity contribution in [2.24, 2.45) is 11.8 Å². The topological polar surface area (TPSA) is 237 Å². The summed E-state index contributed by atoms with van der Waals surface area (Å²) in [7, 11) is -9.92. The van der Waals surface area contributed by atoms with Gasteiger partial charge in [-0.15, -0.1) is 0 Å². The Hall–Kier alpha value is -1.94. The van der Waals surface area contributed by atoms with E-state index in [9.17, 15) is 43.2 Å². The number of aliphatic hydroxyl groups is 1. The molecule has 0 bridgehead atoms. The van der Waals surface area contributed by atoms with E-state index in [-0.39, 0.29) is 25.7 Å².